The first-order valence-electron chi connectivity index (χ1n) is 6.72. The van der Waals surface area contributed by atoms with Crippen LogP contribution in [0.5, 0.6) is 0 Å². The van der Waals surface area contributed by atoms with Crippen LogP contribution in [-0.2, 0) is 15.0 Å². The third-order valence-electron chi connectivity index (χ3n) is 4.00. The van der Waals surface area contributed by atoms with Crippen LogP contribution in [0, 0.1) is 5.92 Å². The number of carbonyl (C=O) groups is 1. The highest BCUT2D eigenvalue weighted by atomic mass is 32.2. The maximum atomic E-state index is 12.5. The van der Waals surface area contributed by atoms with Crippen molar-refractivity contribution in [2.24, 2.45) is 5.92 Å². The van der Waals surface area contributed by atoms with Gasteiger partial charge >= 0.3 is 0 Å². The first-order valence-corrected chi connectivity index (χ1v) is 8.12. The average molecular weight is 274 g/mol. The zero-order valence-corrected chi connectivity index (χ0v) is 11.9. The third kappa shape index (κ3) is 2.60. The summed E-state index contributed by atoms with van der Waals surface area (Å²) >= 11 is 0. The molecule has 0 aromatic carbocycles. The zero-order valence-electron chi connectivity index (χ0n) is 11.1. The van der Waals surface area contributed by atoms with Crippen molar-refractivity contribution in [3.8, 4) is 0 Å². The molecule has 0 amide bonds. The summed E-state index contributed by atoms with van der Waals surface area (Å²) in [6.07, 6.45) is 3.32. The molecule has 2 rings (SSSR count). The summed E-state index contributed by atoms with van der Waals surface area (Å²) in [6, 6.07) is 0.0803. The van der Waals surface area contributed by atoms with Gasteiger partial charge in [0.05, 0.1) is 0 Å². The van der Waals surface area contributed by atoms with Crippen LogP contribution in [0.3, 0.4) is 0 Å². The van der Waals surface area contributed by atoms with E-state index in [4.69, 9.17) is 0 Å². The lowest BCUT2D eigenvalue weighted by atomic mass is 10.0. The van der Waals surface area contributed by atoms with Gasteiger partial charge in [-0.05, 0) is 19.8 Å². The fraction of sp³-hybridized carbons (Fsp3) is 0.917. The van der Waals surface area contributed by atoms with Crippen LogP contribution in [0.15, 0.2) is 0 Å². The lowest BCUT2D eigenvalue weighted by Crippen LogP contribution is -2.53. The van der Waals surface area contributed by atoms with E-state index < -0.39 is 10.2 Å². The highest BCUT2D eigenvalue weighted by Gasteiger charge is 2.37. The minimum absolute atomic E-state index is 0.0803. The molecule has 5 nitrogen and oxygen atoms in total. The first-order chi connectivity index (χ1) is 8.43. The molecule has 0 N–H and O–H groups in total. The Morgan fingerprint density at radius 3 is 2.50 bits per heavy atom. The van der Waals surface area contributed by atoms with Crippen LogP contribution >= 0.6 is 0 Å². The molecule has 2 saturated heterocycles. The Morgan fingerprint density at radius 2 is 1.89 bits per heavy atom. The van der Waals surface area contributed by atoms with Crippen molar-refractivity contribution >= 4 is 16.0 Å². The maximum absolute atomic E-state index is 12.5. The molecule has 2 aliphatic rings. The summed E-state index contributed by atoms with van der Waals surface area (Å²) in [5.41, 5.74) is 0. The molecule has 0 aromatic heterocycles. The van der Waals surface area contributed by atoms with Crippen molar-refractivity contribution in [2.75, 3.05) is 19.6 Å². The molecule has 6 heteroatoms. The Hall–Kier alpha value is -0.460. The number of ketones is 1. The largest absolute Gasteiger partial charge is 0.299 e. The second kappa shape index (κ2) is 5.27. The Kier molecular flexibility index (Phi) is 4.08. The molecule has 0 aromatic rings. The van der Waals surface area contributed by atoms with Crippen molar-refractivity contribution in [3.05, 3.63) is 0 Å². The Labute approximate surface area is 109 Å². The van der Waals surface area contributed by atoms with Crippen molar-refractivity contribution in [3.63, 3.8) is 0 Å². The maximum Gasteiger partial charge on any atom is 0.282 e. The van der Waals surface area contributed by atoms with Crippen LogP contribution in [0.2, 0.25) is 0 Å². The molecule has 104 valence electrons. The Balaban J connectivity index is 2.13. The van der Waals surface area contributed by atoms with Crippen molar-refractivity contribution in [1.82, 2.24) is 8.61 Å². The topological polar surface area (TPSA) is 57.7 Å². The van der Waals surface area contributed by atoms with E-state index in [1.165, 1.54) is 4.31 Å². The summed E-state index contributed by atoms with van der Waals surface area (Å²) in [5.74, 6) is 0.00163. The van der Waals surface area contributed by atoms with Crippen molar-refractivity contribution < 1.29 is 13.2 Å². The first kappa shape index (κ1) is 14.0. The SMILES string of the molecule is CC1CN(S(=O)(=O)N2CCCCC2C)CCC1=O. The van der Waals surface area contributed by atoms with Gasteiger partial charge in [-0.1, -0.05) is 13.3 Å². The van der Waals surface area contributed by atoms with Gasteiger partial charge in [-0.3, -0.25) is 4.79 Å². The number of piperidine rings is 2. The van der Waals surface area contributed by atoms with E-state index in [0.717, 1.165) is 19.3 Å². The normalized spacial score (nSPS) is 32.7. The molecule has 0 spiro atoms. The van der Waals surface area contributed by atoms with Gasteiger partial charge in [0.15, 0.2) is 0 Å². The smallest absolute Gasteiger partial charge is 0.282 e. The Bertz CT molecular complexity index is 421. The van der Waals surface area contributed by atoms with E-state index in [9.17, 15) is 13.2 Å². The number of hydrogen-bond donors (Lipinski definition) is 0. The molecule has 18 heavy (non-hydrogen) atoms. The van der Waals surface area contributed by atoms with Gasteiger partial charge in [-0.25, -0.2) is 0 Å². The molecule has 0 bridgehead atoms. The van der Waals surface area contributed by atoms with E-state index >= 15 is 0 Å². The molecule has 0 saturated carbocycles. The van der Waals surface area contributed by atoms with Crippen LogP contribution in [0.25, 0.3) is 0 Å². The van der Waals surface area contributed by atoms with Gasteiger partial charge in [0.2, 0.25) is 0 Å². The number of rotatable bonds is 2. The van der Waals surface area contributed by atoms with E-state index in [2.05, 4.69) is 0 Å². The standard InChI is InChI=1S/C12H22N2O3S/c1-10-9-13(8-6-12(10)15)18(16,17)14-7-4-3-5-11(14)2/h10-11H,3-9H2,1-2H3. The van der Waals surface area contributed by atoms with Crippen LogP contribution in [0.1, 0.15) is 39.5 Å². The summed E-state index contributed by atoms with van der Waals surface area (Å²) in [6.45, 7) is 5.07. The minimum atomic E-state index is -3.38. The monoisotopic (exact) mass is 274 g/mol. The van der Waals surface area contributed by atoms with Crippen LogP contribution in [0.4, 0.5) is 0 Å². The fourth-order valence-electron chi connectivity index (χ4n) is 2.75. The minimum Gasteiger partial charge on any atom is -0.299 e. The third-order valence-corrected chi connectivity index (χ3v) is 6.12. The molecule has 0 radical (unpaired) electrons. The second-order valence-electron chi connectivity index (χ2n) is 5.44. The molecular formula is C12H22N2O3S. The molecule has 0 aliphatic carbocycles. The van der Waals surface area contributed by atoms with Crippen molar-refractivity contribution in [2.45, 2.75) is 45.6 Å². The lowest BCUT2D eigenvalue weighted by molar-refractivity contribution is -0.124. The molecule has 2 atom stereocenters. The highest BCUT2D eigenvalue weighted by Crippen LogP contribution is 2.25. The van der Waals surface area contributed by atoms with E-state index in [1.54, 1.807) is 4.31 Å². The predicted octanol–water partition coefficient (Wildman–Crippen LogP) is 1.02. The summed E-state index contributed by atoms with van der Waals surface area (Å²) in [7, 11) is -3.38. The van der Waals surface area contributed by atoms with Gasteiger partial charge in [0, 0.05) is 38.0 Å². The summed E-state index contributed by atoms with van der Waals surface area (Å²) < 4.78 is 28.2. The number of nitrogens with zero attached hydrogens (tertiary/aromatic N) is 2. The molecule has 2 fully saturated rings. The average Bonchev–Trinajstić information content (AvgIpc) is 2.33. The Morgan fingerprint density at radius 1 is 1.17 bits per heavy atom. The molecule has 2 unspecified atom stereocenters. The number of hydrogen-bond acceptors (Lipinski definition) is 3. The fourth-order valence-corrected chi connectivity index (χ4v) is 4.70. The van der Waals surface area contributed by atoms with E-state index in [1.807, 2.05) is 13.8 Å². The predicted molar refractivity (Wildman–Crippen MR) is 69.3 cm³/mol. The number of carbonyl (C=O) groups excluding carboxylic acids is 1. The van der Waals surface area contributed by atoms with Gasteiger partial charge in [-0.2, -0.15) is 17.0 Å². The lowest BCUT2D eigenvalue weighted by Gasteiger charge is -2.38. The molecular weight excluding hydrogens is 252 g/mol. The molecule has 2 aliphatic heterocycles. The van der Waals surface area contributed by atoms with Gasteiger partial charge < -0.3 is 0 Å². The second-order valence-corrected chi connectivity index (χ2v) is 7.32. The van der Waals surface area contributed by atoms with Crippen LogP contribution in [-0.4, -0.2) is 48.5 Å². The number of Topliss-reactive ketones (excluding diaryl/α,β-unsaturated/α-hetero) is 1. The van der Waals surface area contributed by atoms with Gasteiger partial charge in [0.25, 0.3) is 10.2 Å². The van der Waals surface area contributed by atoms with Gasteiger partial charge in [-0.15, -0.1) is 0 Å². The quantitative estimate of drug-likeness (QED) is 0.755. The summed E-state index contributed by atoms with van der Waals surface area (Å²) in [5, 5.41) is 0. The zero-order chi connectivity index (χ0) is 13.3. The van der Waals surface area contributed by atoms with Gasteiger partial charge in [0.1, 0.15) is 5.78 Å². The molecule has 2 heterocycles. The van der Waals surface area contributed by atoms with Crippen molar-refractivity contribution in [1.29, 1.82) is 0 Å². The van der Waals surface area contributed by atoms with E-state index in [0.29, 0.717) is 26.1 Å². The highest BCUT2D eigenvalue weighted by molar-refractivity contribution is 7.86. The summed E-state index contributed by atoms with van der Waals surface area (Å²) in [4.78, 5) is 11.5. The van der Waals surface area contributed by atoms with Crippen LogP contribution < -0.4 is 0 Å². The van der Waals surface area contributed by atoms with E-state index in [-0.39, 0.29) is 17.7 Å².